The topological polar surface area (TPSA) is 33.7 Å². The molecule has 1 aliphatic rings. The number of methoxy groups -OCH3 is 2. The van der Waals surface area contributed by atoms with Crippen molar-refractivity contribution in [3.05, 3.63) is 57.6 Å². The summed E-state index contributed by atoms with van der Waals surface area (Å²) >= 11 is 3.53. The van der Waals surface area contributed by atoms with E-state index in [1.54, 1.807) is 24.3 Å². The van der Waals surface area contributed by atoms with E-state index in [9.17, 15) is 13.2 Å². The van der Waals surface area contributed by atoms with Gasteiger partial charge in [-0.3, -0.25) is 4.90 Å². The SMILES string of the molecule is COc1cc(Br)c(C(c2ccccc2C(F)(F)F)N2CCNCC2)cc1OC. The van der Waals surface area contributed by atoms with Gasteiger partial charge in [0.2, 0.25) is 0 Å². The number of piperazine rings is 1. The summed E-state index contributed by atoms with van der Waals surface area (Å²) in [6.45, 7) is 2.71. The third-order valence-corrected chi connectivity index (χ3v) is 5.56. The third-order valence-electron chi connectivity index (χ3n) is 4.87. The minimum Gasteiger partial charge on any atom is -0.493 e. The average molecular weight is 459 g/mol. The van der Waals surface area contributed by atoms with E-state index in [2.05, 4.69) is 26.1 Å². The molecule has 0 aliphatic carbocycles. The molecule has 1 unspecified atom stereocenters. The zero-order valence-corrected chi connectivity index (χ0v) is 17.2. The molecule has 1 atom stereocenters. The molecule has 0 bridgehead atoms. The van der Waals surface area contributed by atoms with Crippen LogP contribution in [0, 0.1) is 0 Å². The molecule has 0 amide bonds. The number of nitrogens with one attached hydrogen (secondary N) is 1. The minimum absolute atomic E-state index is 0.227. The zero-order chi connectivity index (χ0) is 20.3. The van der Waals surface area contributed by atoms with Crippen molar-refractivity contribution >= 4 is 15.9 Å². The van der Waals surface area contributed by atoms with Crippen LogP contribution in [0.5, 0.6) is 11.5 Å². The summed E-state index contributed by atoms with van der Waals surface area (Å²) in [4.78, 5) is 2.06. The van der Waals surface area contributed by atoms with Crippen LogP contribution in [0.2, 0.25) is 0 Å². The highest BCUT2D eigenvalue weighted by Gasteiger charge is 2.38. The highest BCUT2D eigenvalue weighted by atomic mass is 79.9. The van der Waals surface area contributed by atoms with Gasteiger partial charge in [0, 0.05) is 30.7 Å². The number of nitrogens with zero attached hydrogens (tertiary/aromatic N) is 1. The van der Waals surface area contributed by atoms with Crippen LogP contribution in [0.1, 0.15) is 22.7 Å². The Morgan fingerprint density at radius 1 is 1.00 bits per heavy atom. The van der Waals surface area contributed by atoms with Crippen LogP contribution in [0.3, 0.4) is 0 Å². The fourth-order valence-corrected chi connectivity index (χ4v) is 4.11. The van der Waals surface area contributed by atoms with Gasteiger partial charge < -0.3 is 14.8 Å². The first-order chi connectivity index (χ1) is 13.4. The van der Waals surface area contributed by atoms with E-state index >= 15 is 0 Å². The van der Waals surface area contributed by atoms with Crippen molar-refractivity contribution in [1.82, 2.24) is 10.2 Å². The summed E-state index contributed by atoms with van der Waals surface area (Å²) in [6.07, 6.45) is -4.44. The molecule has 0 saturated carbocycles. The molecule has 28 heavy (non-hydrogen) atoms. The Balaban J connectivity index is 2.20. The number of rotatable bonds is 5. The summed E-state index contributed by atoms with van der Waals surface area (Å²) < 4.78 is 52.7. The van der Waals surface area contributed by atoms with Crippen molar-refractivity contribution in [1.29, 1.82) is 0 Å². The van der Waals surface area contributed by atoms with E-state index in [1.807, 2.05) is 0 Å². The lowest BCUT2D eigenvalue weighted by Crippen LogP contribution is -2.45. The first-order valence-corrected chi connectivity index (χ1v) is 9.68. The number of benzene rings is 2. The van der Waals surface area contributed by atoms with Gasteiger partial charge in [-0.25, -0.2) is 0 Å². The lowest BCUT2D eigenvalue weighted by atomic mass is 9.92. The van der Waals surface area contributed by atoms with Crippen molar-refractivity contribution in [2.75, 3.05) is 40.4 Å². The van der Waals surface area contributed by atoms with Crippen molar-refractivity contribution in [2.45, 2.75) is 12.2 Å². The van der Waals surface area contributed by atoms with Gasteiger partial charge in [-0.1, -0.05) is 34.1 Å². The Kier molecular flexibility index (Phi) is 6.52. The molecule has 1 aliphatic heterocycles. The van der Waals surface area contributed by atoms with E-state index < -0.39 is 17.8 Å². The van der Waals surface area contributed by atoms with E-state index in [0.717, 1.165) is 19.2 Å². The van der Waals surface area contributed by atoms with Crippen molar-refractivity contribution in [3.8, 4) is 11.5 Å². The standard InChI is InChI=1S/C20H22BrF3N2O2/c1-27-17-11-14(16(21)12-18(17)28-2)19(26-9-7-25-8-10-26)13-5-3-4-6-15(13)20(22,23)24/h3-6,11-12,19,25H,7-10H2,1-2H3. The van der Waals surface area contributed by atoms with Gasteiger partial charge in [0.25, 0.3) is 0 Å². The average Bonchev–Trinajstić information content (AvgIpc) is 2.69. The molecule has 1 fully saturated rings. The molecular weight excluding hydrogens is 437 g/mol. The molecule has 2 aromatic carbocycles. The van der Waals surface area contributed by atoms with E-state index in [1.165, 1.54) is 20.3 Å². The van der Waals surface area contributed by atoms with E-state index in [0.29, 0.717) is 34.6 Å². The highest BCUT2D eigenvalue weighted by Crippen LogP contribution is 2.44. The molecule has 0 aromatic heterocycles. The lowest BCUT2D eigenvalue weighted by Gasteiger charge is -2.37. The predicted molar refractivity (Wildman–Crippen MR) is 105 cm³/mol. The van der Waals surface area contributed by atoms with Crippen molar-refractivity contribution in [3.63, 3.8) is 0 Å². The Morgan fingerprint density at radius 3 is 2.21 bits per heavy atom. The van der Waals surface area contributed by atoms with E-state index in [4.69, 9.17) is 9.47 Å². The highest BCUT2D eigenvalue weighted by molar-refractivity contribution is 9.10. The molecule has 0 radical (unpaired) electrons. The van der Waals surface area contributed by atoms with Crippen molar-refractivity contribution < 1.29 is 22.6 Å². The maximum Gasteiger partial charge on any atom is 0.416 e. The van der Waals surface area contributed by atoms with Crippen LogP contribution >= 0.6 is 15.9 Å². The summed E-state index contributed by atoms with van der Waals surface area (Å²) in [5.74, 6) is 0.992. The van der Waals surface area contributed by atoms with E-state index in [-0.39, 0.29) is 5.56 Å². The molecule has 1 heterocycles. The van der Waals surface area contributed by atoms with Crippen LogP contribution in [0.25, 0.3) is 0 Å². The number of halogens is 4. The molecule has 0 spiro atoms. The summed E-state index contributed by atoms with van der Waals surface area (Å²) in [7, 11) is 3.04. The maximum atomic E-state index is 13.8. The molecule has 3 rings (SSSR count). The Labute approximate surface area is 170 Å². The molecule has 1 saturated heterocycles. The fraction of sp³-hybridized carbons (Fsp3) is 0.400. The first-order valence-electron chi connectivity index (χ1n) is 8.89. The molecule has 1 N–H and O–H groups in total. The largest absolute Gasteiger partial charge is 0.493 e. The Bertz CT molecular complexity index is 824. The molecular formula is C20H22BrF3N2O2. The molecule has 8 heteroatoms. The number of hydrogen-bond acceptors (Lipinski definition) is 4. The zero-order valence-electron chi connectivity index (χ0n) is 15.6. The van der Waals surface area contributed by atoms with Gasteiger partial charge >= 0.3 is 6.18 Å². The van der Waals surface area contributed by atoms with Crippen LogP contribution in [-0.4, -0.2) is 45.3 Å². The number of hydrogen-bond donors (Lipinski definition) is 1. The van der Waals surface area contributed by atoms with Crippen molar-refractivity contribution in [2.24, 2.45) is 0 Å². The predicted octanol–water partition coefficient (Wildman–Crippen LogP) is 4.48. The van der Waals surface area contributed by atoms with Gasteiger partial charge in [-0.05, 0) is 29.3 Å². The van der Waals surface area contributed by atoms with Gasteiger partial charge in [0.15, 0.2) is 11.5 Å². The second-order valence-corrected chi connectivity index (χ2v) is 7.36. The molecule has 152 valence electrons. The second-order valence-electron chi connectivity index (χ2n) is 6.50. The van der Waals surface area contributed by atoms with Crippen LogP contribution < -0.4 is 14.8 Å². The van der Waals surface area contributed by atoms with Crippen LogP contribution in [0.15, 0.2) is 40.9 Å². The molecule has 4 nitrogen and oxygen atoms in total. The van der Waals surface area contributed by atoms with Crippen LogP contribution in [0.4, 0.5) is 13.2 Å². The minimum atomic E-state index is -4.44. The normalized spacial score (nSPS) is 16.6. The maximum absolute atomic E-state index is 13.8. The quantitative estimate of drug-likeness (QED) is 0.715. The first kappa shape index (κ1) is 21.0. The lowest BCUT2D eigenvalue weighted by molar-refractivity contribution is -0.138. The monoisotopic (exact) mass is 458 g/mol. The van der Waals surface area contributed by atoms with Gasteiger partial charge in [-0.15, -0.1) is 0 Å². The van der Waals surface area contributed by atoms with Gasteiger partial charge in [0.1, 0.15) is 0 Å². The van der Waals surface area contributed by atoms with Gasteiger partial charge in [-0.2, -0.15) is 13.2 Å². The number of alkyl halides is 3. The summed E-state index contributed by atoms with van der Waals surface area (Å²) in [5.41, 5.74) is 0.307. The third kappa shape index (κ3) is 4.29. The summed E-state index contributed by atoms with van der Waals surface area (Å²) in [5, 5.41) is 3.25. The summed E-state index contributed by atoms with van der Waals surface area (Å²) in [6, 6.07) is 8.67. The van der Waals surface area contributed by atoms with Crippen LogP contribution in [-0.2, 0) is 6.18 Å². The second kappa shape index (κ2) is 8.71. The smallest absolute Gasteiger partial charge is 0.416 e. The Morgan fingerprint density at radius 2 is 1.61 bits per heavy atom. The van der Waals surface area contributed by atoms with Gasteiger partial charge in [0.05, 0.1) is 25.8 Å². The molecule has 2 aromatic rings. The fourth-order valence-electron chi connectivity index (χ4n) is 3.57. The Hall–Kier alpha value is -1.77. The number of ether oxygens (including phenoxy) is 2.